The Morgan fingerprint density at radius 1 is 0.280 bits per heavy atom. The van der Waals surface area contributed by atoms with Crippen LogP contribution in [-0.2, 0) is 0 Å². The lowest BCUT2D eigenvalue weighted by Gasteiger charge is -2.28. The monoisotopic (exact) mass is 686 g/mol. The number of phenolic OH excluding ortho intramolecular Hbond substituents is 4. The Bertz CT molecular complexity index is 2190. The van der Waals surface area contributed by atoms with Gasteiger partial charge in [0.2, 0.25) is 0 Å². The third kappa shape index (κ3) is 5.94. The van der Waals surface area contributed by atoms with E-state index >= 15 is 0 Å². The van der Waals surface area contributed by atoms with Crippen LogP contribution in [0.2, 0.25) is 0 Å². The lowest BCUT2D eigenvalue weighted by molar-refractivity contribution is 0.475. The van der Waals surface area contributed by atoms with E-state index in [1.165, 1.54) is 0 Å². The van der Waals surface area contributed by atoms with Crippen LogP contribution in [0.1, 0.15) is 0 Å². The molecule has 6 heteroatoms. The van der Waals surface area contributed by atoms with Gasteiger partial charge in [0.05, 0.1) is 0 Å². The van der Waals surface area contributed by atoms with Crippen molar-refractivity contribution in [2.45, 2.75) is 0 Å². The fraction of sp³-hybridized carbons (Fsp3) is 0. The highest BCUT2D eigenvalue weighted by Gasteiger charge is 2.28. The maximum Gasteiger partial charge on any atom is 0.115 e. The lowest BCUT2D eigenvalue weighted by atomic mass is 9.93. The molecule has 0 radical (unpaired) electrons. The van der Waals surface area contributed by atoms with E-state index in [1.54, 1.807) is 48.5 Å². The summed E-state index contributed by atoms with van der Waals surface area (Å²) in [4.78, 5) is 0. The number of aromatic hydroxyl groups is 4. The zero-order valence-electron chi connectivity index (χ0n) is 26.8. The van der Waals surface area contributed by atoms with Crippen molar-refractivity contribution in [1.29, 1.82) is 0 Å². The summed E-state index contributed by atoms with van der Waals surface area (Å²) in [6, 6.07) is 55.8. The van der Waals surface area contributed by atoms with Gasteiger partial charge < -0.3 is 20.4 Å². The van der Waals surface area contributed by atoms with Gasteiger partial charge in [-0.3, -0.25) is 0 Å². The molecule has 242 valence electrons. The average Bonchev–Trinajstić information content (AvgIpc) is 3.15. The Labute approximate surface area is 292 Å². The highest BCUT2D eigenvalue weighted by Crippen LogP contribution is 2.46. The molecule has 0 aliphatic heterocycles. The van der Waals surface area contributed by atoms with Crippen LogP contribution in [0.3, 0.4) is 0 Å². The molecule has 4 N–H and O–H groups in total. The van der Waals surface area contributed by atoms with Gasteiger partial charge in [0.1, 0.15) is 23.0 Å². The van der Waals surface area contributed by atoms with E-state index in [2.05, 4.69) is 72.8 Å². The number of benzene rings is 8. The highest BCUT2D eigenvalue weighted by molar-refractivity contribution is 7.80. The van der Waals surface area contributed by atoms with E-state index in [4.69, 9.17) is 0 Å². The van der Waals surface area contributed by atoms with Crippen molar-refractivity contribution in [3.63, 3.8) is 0 Å². The quantitative estimate of drug-likeness (QED) is 0.128. The van der Waals surface area contributed by atoms with E-state index in [1.807, 2.05) is 48.5 Å². The summed E-state index contributed by atoms with van der Waals surface area (Å²) in [5.74, 6) is 0.826. The molecule has 4 nitrogen and oxygen atoms in total. The van der Waals surface area contributed by atoms with Crippen molar-refractivity contribution in [3.8, 4) is 34.1 Å². The summed E-state index contributed by atoms with van der Waals surface area (Å²) in [6.45, 7) is 0. The Kier molecular flexibility index (Phi) is 8.43. The third-order valence-electron chi connectivity index (χ3n) is 8.98. The normalized spacial score (nSPS) is 11.5. The lowest BCUT2D eigenvalue weighted by Crippen LogP contribution is -2.26. The van der Waals surface area contributed by atoms with Gasteiger partial charge in [-0.15, -0.1) is 0 Å². The highest BCUT2D eigenvalue weighted by atomic mass is 31.1. The first-order valence-electron chi connectivity index (χ1n) is 16.2. The molecule has 0 atom stereocenters. The molecule has 0 bridgehead atoms. The Balaban J connectivity index is 1.51. The van der Waals surface area contributed by atoms with Crippen molar-refractivity contribution in [2.24, 2.45) is 0 Å². The Morgan fingerprint density at radius 2 is 0.560 bits per heavy atom. The van der Waals surface area contributed by atoms with Crippen molar-refractivity contribution in [2.75, 3.05) is 0 Å². The van der Waals surface area contributed by atoms with E-state index < -0.39 is 15.8 Å². The zero-order valence-corrected chi connectivity index (χ0v) is 28.6. The average molecular weight is 687 g/mol. The maximum absolute atomic E-state index is 10.3. The summed E-state index contributed by atoms with van der Waals surface area (Å²) in [7, 11) is -2.35. The van der Waals surface area contributed by atoms with E-state index in [0.717, 1.165) is 64.5 Å². The standard InChI is InChI=1S/C44H32O4P2/c45-31-11-19-35(20-12-31)49(36-21-13-32(46)14-22-36)41-27-9-29-5-1-3-7-39(29)43(41)44-40-8-4-2-6-30(40)10-28-42(44)50(37-23-15-33(47)16-24-37)38-25-17-34(48)18-26-38/h1-28,45-48H. The van der Waals surface area contributed by atoms with E-state index in [9.17, 15) is 20.4 Å². The molecule has 0 aromatic heterocycles. The summed E-state index contributed by atoms with van der Waals surface area (Å²) >= 11 is 0. The number of hydrogen-bond acceptors (Lipinski definition) is 4. The second kappa shape index (κ2) is 13.3. The topological polar surface area (TPSA) is 80.9 Å². The van der Waals surface area contributed by atoms with Crippen LogP contribution in [0.15, 0.2) is 170 Å². The van der Waals surface area contributed by atoms with Crippen LogP contribution in [0, 0.1) is 0 Å². The predicted molar refractivity (Wildman–Crippen MR) is 211 cm³/mol. The van der Waals surface area contributed by atoms with Gasteiger partial charge >= 0.3 is 0 Å². The van der Waals surface area contributed by atoms with Crippen LogP contribution in [-0.4, -0.2) is 20.4 Å². The number of fused-ring (bicyclic) bond motifs is 2. The van der Waals surface area contributed by atoms with Crippen LogP contribution in [0.25, 0.3) is 32.7 Å². The number of phenols is 4. The van der Waals surface area contributed by atoms with Gasteiger partial charge in [0, 0.05) is 0 Å². The van der Waals surface area contributed by atoms with Crippen LogP contribution < -0.4 is 31.8 Å². The van der Waals surface area contributed by atoms with Crippen LogP contribution in [0.4, 0.5) is 0 Å². The summed E-state index contributed by atoms with van der Waals surface area (Å²) in [5.41, 5.74) is 2.26. The van der Waals surface area contributed by atoms with Crippen LogP contribution >= 0.6 is 15.8 Å². The molecule has 0 spiro atoms. The molecule has 8 rings (SSSR count). The van der Waals surface area contributed by atoms with E-state index in [-0.39, 0.29) is 23.0 Å². The van der Waals surface area contributed by atoms with E-state index in [0.29, 0.717) is 0 Å². The molecule has 0 saturated carbocycles. The second-order valence-corrected chi connectivity index (χ2v) is 16.5. The predicted octanol–water partition coefficient (Wildman–Crippen LogP) is 8.00. The molecule has 50 heavy (non-hydrogen) atoms. The molecule has 8 aromatic carbocycles. The minimum atomic E-state index is -1.17. The summed E-state index contributed by atoms with van der Waals surface area (Å²) in [5, 5.41) is 52.3. The molecule has 8 aromatic rings. The smallest absolute Gasteiger partial charge is 0.115 e. The molecule has 0 unspecified atom stereocenters. The van der Waals surface area contributed by atoms with Gasteiger partial charge in [0.25, 0.3) is 0 Å². The first kappa shape index (κ1) is 31.6. The molecule has 0 saturated heterocycles. The van der Waals surface area contributed by atoms with Crippen LogP contribution in [0.5, 0.6) is 23.0 Å². The number of hydrogen-bond donors (Lipinski definition) is 4. The van der Waals surface area contributed by atoms with Gasteiger partial charge in [-0.1, -0.05) is 121 Å². The van der Waals surface area contributed by atoms with Crippen molar-refractivity contribution < 1.29 is 20.4 Å². The molecule has 0 heterocycles. The zero-order chi connectivity index (χ0) is 34.2. The molecule has 0 aliphatic carbocycles. The van der Waals surface area contributed by atoms with Gasteiger partial charge in [0.15, 0.2) is 0 Å². The number of rotatable bonds is 7. The van der Waals surface area contributed by atoms with Crippen molar-refractivity contribution in [3.05, 3.63) is 170 Å². The Hall–Kier alpha value is -5.66. The van der Waals surface area contributed by atoms with Crippen molar-refractivity contribution in [1.82, 2.24) is 0 Å². The SMILES string of the molecule is Oc1ccc(P(c2ccc(O)cc2)c2ccc3ccccc3c2-c2c(P(c3ccc(O)cc3)c3ccc(O)cc3)ccc3ccccc23)cc1. The van der Waals surface area contributed by atoms with Gasteiger partial charge in [-0.2, -0.15) is 0 Å². The third-order valence-corrected chi connectivity index (χ3v) is 13.9. The first-order chi connectivity index (χ1) is 24.4. The van der Waals surface area contributed by atoms with Gasteiger partial charge in [-0.25, -0.2) is 0 Å². The summed E-state index contributed by atoms with van der Waals surface area (Å²) in [6.07, 6.45) is 0. The maximum atomic E-state index is 10.3. The molecular formula is C44H32O4P2. The molecule has 0 amide bonds. The van der Waals surface area contributed by atoms with Gasteiger partial charge in [-0.05, 0) is 129 Å². The fourth-order valence-electron chi connectivity index (χ4n) is 6.68. The molecular weight excluding hydrogens is 654 g/mol. The van der Waals surface area contributed by atoms with Crippen molar-refractivity contribution >= 4 is 69.2 Å². The fourth-order valence-corrected chi connectivity index (χ4v) is 11.5. The second-order valence-electron chi connectivity index (χ2n) is 12.1. The minimum absolute atomic E-state index is 0.206. The molecule has 0 aliphatic rings. The molecule has 0 fully saturated rings. The first-order valence-corrected chi connectivity index (χ1v) is 18.9. The summed E-state index contributed by atoms with van der Waals surface area (Å²) < 4.78 is 0. The largest absolute Gasteiger partial charge is 0.508 e. The Morgan fingerprint density at radius 3 is 0.860 bits per heavy atom. The minimum Gasteiger partial charge on any atom is -0.508 e.